The van der Waals surface area contributed by atoms with Crippen LogP contribution in [0.5, 0.6) is 0 Å². The van der Waals surface area contributed by atoms with E-state index in [-0.39, 0.29) is 0 Å². The van der Waals surface area contributed by atoms with Gasteiger partial charge in [-0.25, -0.2) is 0 Å². The number of nitrogens with zero attached hydrogens (tertiary/aromatic N) is 1. The fourth-order valence-electron chi connectivity index (χ4n) is 1.82. The summed E-state index contributed by atoms with van der Waals surface area (Å²) in [6.07, 6.45) is 2.59. The summed E-state index contributed by atoms with van der Waals surface area (Å²) in [6.45, 7) is 0.559. The van der Waals surface area contributed by atoms with Crippen LogP contribution in [-0.4, -0.2) is 17.3 Å². The first kappa shape index (κ1) is 10.4. The average Bonchev–Trinajstić information content (AvgIpc) is 2.72. The Morgan fingerprint density at radius 3 is 3.00 bits per heavy atom. The fourth-order valence-corrected chi connectivity index (χ4v) is 1.82. The number of nitriles is 1. The van der Waals surface area contributed by atoms with Crippen LogP contribution < -0.4 is 5.73 Å². The molecule has 4 nitrogen and oxygen atoms in total. The number of carbonyl (C=O) groups excluding carboxylic acids is 1. The second kappa shape index (κ2) is 4.17. The van der Waals surface area contributed by atoms with E-state index in [0.29, 0.717) is 12.1 Å². The fraction of sp³-hybridized carbons (Fsp3) is 0.167. The summed E-state index contributed by atoms with van der Waals surface area (Å²) in [5.74, 6) is -0.522. The molecule has 2 aromatic rings. The summed E-state index contributed by atoms with van der Waals surface area (Å²) in [5.41, 5.74) is 7.72. The van der Waals surface area contributed by atoms with Crippen LogP contribution in [0, 0.1) is 11.3 Å². The van der Waals surface area contributed by atoms with Gasteiger partial charge in [0.1, 0.15) is 6.07 Å². The van der Waals surface area contributed by atoms with Gasteiger partial charge in [0.25, 0.3) is 5.78 Å². The van der Waals surface area contributed by atoms with E-state index < -0.39 is 5.78 Å². The maximum Gasteiger partial charge on any atom is 0.264 e. The summed E-state index contributed by atoms with van der Waals surface area (Å²) in [4.78, 5) is 14.4. The van der Waals surface area contributed by atoms with Crippen molar-refractivity contribution in [2.75, 3.05) is 6.54 Å². The molecule has 0 atom stereocenters. The van der Waals surface area contributed by atoms with Gasteiger partial charge in [-0.05, 0) is 24.6 Å². The highest BCUT2D eigenvalue weighted by Crippen LogP contribution is 2.22. The van der Waals surface area contributed by atoms with Crippen LogP contribution in [-0.2, 0) is 6.42 Å². The molecule has 3 N–H and O–H groups in total. The molecule has 0 aliphatic carbocycles. The number of fused-ring (bicyclic) bond motifs is 1. The number of hydrogen-bond donors (Lipinski definition) is 2. The van der Waals surface area contributed by atoms with Gasteiger partial charge in [-0.3, -0.25) is 4.79 Å². The number of nitrogens with two attached hydrogens (primary N) is 1. The molecule has 1 heterocycles. The predicted molar refractivity (Wildman–Crippen MR) is 61.0 cm³/mol. The molecule has 0 unspecified atom stereocenters. The van der Waals surface area contributed by atoms with Crippen molar-refractivity contribution >= 4 is 16.7 Å². The number of hydrogen-bond acceptors (Lipinski definition) is 3. The van der Waals surface area contributed by atoms with E-state index in [0.717, 1.165) is 22.9 Å². The van der Waals surface area contributed by atoms with Crippen LogP contribution in [0.25, 0.3) is 10.9 Å². The van der Waals surface area contributed by atoms with Crippen molar-refractivity contribution < 1.29 is 4.79 Å². The van der Waals surface area contributed by atoms with Gasteiger partial charge < -0.3 is 10.7 Å². The zero-order chi connectivity index (χ0) is 11.5. The molecular formula is C12H11N3O. The normalized spacial score (nSPS) is 10.2. The van der Waals surface area contributed by atoms with E-state index in [1.165, 1.54) is 0 Å². The molecule has 1 aromatic heterocycles. The van der Waals surface area contributed by atoms with Crippen molar-refractivity contribution in [3.63, 3.8) is 0 Å². The molecule has 0 bridgehead atoms. The van der Waals surface area contributed by atoms with Gasteiger partial charge in [0.2, 0.25) is 0 Å². The minimum absolute atomic E-state index is 0.420. The van der Waals surface area contributed by atoms with E-state index in [1.54, 1.807) is 18.2 Å². The number of carbonyl (C=O) groups is 1. The number of aromatic amines is 1. The number of para-hydroxylation sites is 1. The Kier molecular flexibility index (Phi) is 2.71. The number of H-pyrrole nitrogens is 1. The standard InChI is InChI=1S/C12H11N3O/c13-5-4-8-7-15-12-9(8)2-1-3-10(12)11(16)6-14/h1-3,7,15H,4-5,13H2. The number of aromatic nitrogens is 1. The Morgan fingerprint density at radius 2 is 2.31 bits per heavy atom. The van der Waals surface area contributed by atoms with Gasteiger partial charge in [0, 0.05) is 11.6 Å². The van der Waals surface area contributed by atoms with E-state index in [1.807, 2.05) is 12.3 Å². The molecule has 0 amide bonds. The maximum atomic E-state index is 11.4. The van der Waals surface area contributed by atoms with Gasteiger partial charge in [0.05, 0.1) is 11.1 Å². The molecule has 80 valence electrons. The second-order valence-electron chi connectivity index (χ2n) is 3.52. The van der Waals surface area contributed by atoms with Crippen LogP contribution in [0.4, 0.5) is 0 Å². The molecule has 0 saturated heterocycles. The number of benzene rings is 1. The summed E-state index contributed by atoms with van der Waals surface area (Å²) < 4.78 is 0. The van der Waals surface area contributed by atoms with Gasteiger partial charge in [0.15, 0.2) is 0 Å². The van der Waals surface area contributed by atoms with Crippen LogP contribution in [0.2, 0.25) is 0 Å². The van der Waals surface area contributed by atoms with E-state index >= 15 is 0 Å². The van der Waals surface area contributed by atoms with E-state index in [2.05, 4.69) is 4.98 Å². The minimum Gasteiger partial charge on any atom is -0.360 e. The van der Waals surface area contributed by atoms with Crippen LogP contribution in [0.3, 0.4) is 0 Å². The molecular weight excluding hydrogens is 202 g/mol. The molecule has 4 heteroatoms. The first-order valence-corrected chi connectivity index (χ1v) is 5.01. The van der Waals surface area contributed by atoms with Crippen LogP contribution in [0.1, 0.15) is 15.9 Å². The Bertz CT molecular complexity index is 577. The third kappa shape index (κ3) is 1.58. The zero-order valence-corrected chi connectivity index (χ0v) is 8.66. The number of nitrogens with one attached hydrogen (secondary N) is 1. The lowest BCUT2D eigenvalue weighted by Crippen LogP contribution is -2.02. The van der Waals surface area contributed by atoms with Crippen molar-refractivity contribution in [1.29, 1.82) is 5.26 Å². The van der Waals surface area contributed by atoms with Crippen LogP contribution >= 0.6 is 0 Å². The van der Waals surface area contributed by atoms with E-state index in [4.69, 9.17) is 11.0 Å². The number of Topliss-reactive ketones (excluding diaryl/α,β-unsaturated/α-hetero) is 1. The van der Waals surface area contributed by atoms with Crippen molar-refractivity contribution in [2.24, 2.45) is 5.73 Å². The Morgan fingerprint density at radius 1 is 1.50 bits per heavy atom. The second-order valence-corrected chi connectivity index (χ2v) is 3.52. The summed E-state index contributed by atoms with van der Waals surface area (Å²) in [5, 5.41) is 9.59. The summed E-state index contributed by atoms with van der Waals surface area (Å²) >= 11 is 0. The Hall–Kier alpha value is -2.12. The molecule has 0 spiro atoms. The van der Waals surface area contributed by atoms with Crippen molar-refractivity contribution in [1.82, 2.24) is 4.98 Å². The Balaban J connectivity index is 2.63. The predicted octanol–water partition coefficient (Wildman–Crippen LogP) is 1.38. The highest BCUT2D eigenvalue weighted by Gasteiger charge is 2.12. The molecule has 1 aromatic carbocycles. The molecule has 0 aliphatic heterocycles. The van der Waals surface area contributed by atoms with E-state index in [9.17, 15) is 4.79 Å². The SMILES string of the molecule is N#CC(=O)c1cccc2c(CCN)c[nH]c12. The van der Waals surface area contributed by atoms with Crippen molar-refractivity contribution in [3.05, 3.63) is 35.5 Å². The Labute approximate surface area is 92.7 Å². The maximum absolute atomic E-state index is 11.4. The first-order chi connectivity index (χ1) is 7.77. The first-order valence-electron chi connectivity index (χ1n) is 5.01. The third-order valence-electron chi connectivity index (χ3n) is 2.56. The summed E-state index contributed by atoms with van der Waals surface area (Å²) in [7, 11) is 0. The molecule has 16 heavy (non-hydrogen) atoms. The quantitative estimate of drug-likeness (QED) is 0.596. The molecule has 0 aliphatic rings. The molecule has 0 radical (unpaired) electrons. The highest BCUT2D eigenvalue weighted by atomic mass is 16.1. The smallest absolute Gasteiger partial charge is 0.264 e. The molecule has 0 saturated carbocycles. The third-order valence-corrected chi connectivity index (χ3v) is 2.56. The lowest BCUT2D eigenvalue weighted by molar-refractivity contribution is 0.105. The van der Waals surface area contributed by atoms with Crippen molar-refractivity contribution in [3.8, 4) is 6.07 Å². The largest absolute Gasteiger partial charge is 0.360 e. The number of ketones is 1. The topological polar surface area (TPSA) is 82.7 Å². The monoisotopic (exact) mass is 213 g/mol. The van der Waals surface area contributed by atoms with Crippen LogP contribution in [0.15, 0.2) is 24.4 Å². The number of rotatable bonds is 3. The summed E-state index contributed by atoms with van der Waals surface area (Å²) in [6, 6.07) is 6.98. The minimum atomic E-state index is -0.522. The van der Waals surface area contributed by atoms with Gasteiger partial charge in [-0.1, -0.05) is 12.1 Å². The lowest BCUT2D eigenvalue weighted by atomic mass is 10.0. The van der Waals surface area contributed by atoms with Gasteiger partial charge in [-0.15, -0.1) is 0 Å². The zero-order valence-electron chi connectivity index (χ0n) is 8.66. The van der Waals surface area contributed by atoms with Gasteiger partial charge >= 0.3 is 0 Å². The van der Waals surface area contributed by atoms with Gasteiger partial charge in [-0.2, -0.15) is 5.26 Å². The van der Waals surface area contributed by atoms with Crippen molar-refractivity contribution in [2.45, 2.75) is 6.42 Å². The average molecular weight is 213 g/mol. The molecule has 2 rings (SSSR count). The lowest BCUT2D eigenvalue weighted by Gasteiger charge is -1.98. The highest BCUT2D eigenvalue weighted by molar-refractivity contribution is 6.15. The molecule has 0 fully saturated rings.